The summed E-state index contributed by atoms with van der Waals surface area (Å²) in [5.74, 6) is 0.583. The van der Waals surface area contributed by atoms with Crippen LogP contribution in [0.5, 0.6) is 0 Å². The minimum Gasteiger partial charge on any atom is -0.368 e. The van der Waals surface area contributed by atoms with Crippen LogP contribution >= 0.6 is 0 Å². The highest BCUT2D eigenvalue weighted by molar-refractivity contribution is 5.84. The Labute approximate surface area is 130 Å². The molecule has 2 fully saturated rings. The molecule has 122 valence electrons. The largest absolute Gasteiger partial charge is 0.368 e. The molecule has 0 bridgehead atoms. The fourth-order valence-electron chi connectivity index (χ4n) is 4.25. The lowest BCUT2D eigenvalue weighted by Crippen LogP contribution is -2.60. The first-order valence-corrected chi connectivity index (χ1v) is 8.91. The summed E-state index contributed by atoms with van der Waals surface area (Å²) in [5, 5.41) is 3.71. The van der Waals surface area contributed by atoms with Gasteiger partial charge in [-0.1, -0.05) is 46.5 Å². The third-order valence-corrected chi connectivity index (χ3v) is 5.87. The van der Waals surface area contributed by atoms with Crippen molar-refractivity contribution in [1.82, 2.24) is 5.32 Å². The Bertz CT molecular complexity index is 343. The highest BCUT2D eigenvalue weighted by Crippen LogP contribution is 2.41. The second-order valence-electron chi connectivity index (χ2n) is 8.42. The van der Waals surface area contributed by atoms with Crippen molar-refractivity contribution in [2.75, 3.05) is 0 Å². The van der Waals surface area contributed by atoms with Gasteiger partial charge in [0.25, 0.3) is 0 Å². The van der Waals surface area contributed by atoms with E-state index in [0.29, 0.717) is 17.4 Å². The van der Waals surface area contributed by atoms with Gasteiger partial charge < -0.3 is 11.1 Å². The third-order valence-electron chi connectivity index (χ3n) is 5.87. The smallest absolute Gasteiger partial charge is 0.237 e. The summed E-state index contributed by atoms with van der Waals surface area (Å²) in [5.41, 5.74) is 5.72. The molecule has 2 saturated carbocycles. The molecule has 1 amide bonds. The summed E-state index contributed by atoms with van der Waals surface area (Å²) in [4.78, 5) is 12.2. The van der Waals surface area contributed by atoms with Gasteiger partial charge >= 0.3 is 0 Å². The van der Waals surface area contributed by atoms with Crippen molar-refractivity contribution in [3.8, 4) is 0 Å². The number of amides is 1. The average molecular weight is 294 g/mol. The van der Waals surface area contributed by atoms with E-state index in [1.54, 1.807) is 0 Å². The molecular weight excluding hydrogens is 260 g/mol. The molecule has 0 unspecified atom stereocenters. The summed E-state index contributed by atoms with van der Waals surface area (Å²) in [6.07, 6.45) is 11.7. The molecule has 2 aliphatic rings. The zero-order chi connectivity index (χ0) is 15.5. The van der Waals surface area contributed by atoms with Gasteiger partial charge in [-0.15, -0.1) is 0 Å². The van der Waals surface area contributed by atoms with Crippen LogP contribution in [0.2, 0.25) is 0 Å². The first-order valence-electron chi connectivity index (χ1n) is 8.91. The van der Waals surface area contributed by atoms with Crippen LogP contribution in [0.3, 0.4) is 0 Å². The van der Waals surface area contributed by atoms with Crippen molar-refractivity contribution in [3.05, 3.63) is 0 Å². The predicted octanol–water partition coefficient (Wildman–Crippen LogP) is 3.76. The Balaban J connectivity index is 2.00. The monoisotopic (exact) mass is 294 g/mol. The molecular formula is C18H34N2O. The van der Waals surface area contributed by atoms with E-state index in [4.69, 9.17) is 5.73 Å². The summed E-state index contributed by atoms with van der Waals surface area (Å²) in [7, 11) is 0. The zero-order valence-electron chi connectivity index (χ0n) is 14.2. The quantitative estimate of drug-likeness (QED) is 0.779. The van der Waals surface area contributed by atoms with Crippen molar-refractivity contribution >= 4 is 5.91 Å². The van der Waals surface area contributed by atoms with Gasteiger partial charge in [-0.3, -0.25) is 4.79 Å². The summed E-state index contributed by atoms with van der Waals surface area (Å²) < 4.78 is 0. The van der Waals surface area contributed by atoms with E-state index in [9.17, 15) is 4.79 Å². The molecule has 0 heterocycles. The molecule has 0 radical (unpaired) electrons. The lowest BCUT2D eigenvalue weighted by atomic mass is 9.67. The van der Waals surface area contributed by atoms with Crippen molar-refractivity contribution in [3.63, 3.8) is 0 Å². The van der Waals surface area contributed by atoms with Crippen LogP contribution in [0.15, 0.2) is 0 Å². The van der Waals surface area contributed by atoms with Crippen LogP contribution in [0, 0.1) is 11.3 Å². The summed E-state index contributed by atoms with van der Waals surface area (Å²) in [6, 6.07) is 0.492. The van der Waals surface area contributed by atoms with Gasteiger partial charge in [0.2, 0.25) is 5.91 Å². The Morgan fingerprint density at radius 1 is 1.00 bits per heavy atom. The van der Waals surface area contributed by atoms with Gasteiger partial charge in [0, 0.05) is 6.04 Å². The van der Waals surface area contributed by atoms with Crippen molar-refractivity contribution in [1.29, 1.82) is 0 Å². The lowest BCUT2D eigenvalue weighted by molar-refractivity contribution is -0.127. The Morgan fingerprint density at radius 2 is 1.52 bits per heavy atom. The van der Waals surface area contributed by atoms with Crippen LogP contribution in [0.4, 0.5) is 0 Å². The Kier molecular flexibility index (Phi) is 5.34. The maximum absolute atomic E-state index is 12.2. The van der Waals surface area contributed by atoms with E-state index in [0.717, 1.165) is 25.7 Å². The standard InChI is InChI=1S/C18H34N2O/c1-17(2,3)14-10-12-18(13-11-14,16(19)21)20-15-8-6-4-5-7-9-15/h14-15,20H,4-13H2,1-3H3,(H2,19,21). The molecule has 21 heavy (non-hydrogen) atoms. The fourth-order valence-corrected chi connectivity index (χ4v) is 4.25. The predicted molar refractivity (Wildman–Crippen MR) is 88.0 cm³/mol. The van der Waals surface area contributed by atoms with E-state index in [1.807, 2.05) is 0 Å². The van der Waals surface area contributed by atoms with Crippen molar-refractivity contribution in [2.45, 2.75) is 96.6 Å². The number of carbonyl (C=O) groups is 1. The molecule has 0 aliphatic heterocycles. The van der Waals surface area contributed by atoms with E-state index in [2.05, 4.69) is 26.1 Å². The molecule has 0 saturated heterocycles. The number of nitrogens with two attached hydrogens (primary N) is 1. The summed E-state index contributed by atoms with van der Waals surface area (Å²) >= 11 is 0. The second-order valence-corrected chi connectivity index (χ2v) is 8.42. The maximum atomic E-state index is 12.2. The van der Waals surface area contributed by atoms with Gasteiger partial charge in [-0.05, 0) is 49.9 Å². The second kappa shape index (κ2) is 6.68. The Hall–Kier alpha value is -0.570. The fraction of sp³-hybridized carbons (Fsp3) is 0.944. The number of hydrogen-bond acceptors (Lipinski definition) is 2. The van der Waals surface area contributed by atoms with Crippen LogP contribution in [0.1, 0.15) is 85.0 Å². The molecule has 3 heteroatoms. The molecule has 3 nitrogen and oxygen atoms in total. The molecule has 3 N–H and O–H groups in total. The van der Waals surface area contributed by atoms with Gasteiger partial charge in [-0.25, -0.2) is 0 Å². The zero-order valence-corrected chi connectivity index (χ0v) is 14.2. The number of primary amides is 1. The topological polar surface area (TPSA) is 55.1 Å². The number of carbonyl (C=O) groups excluding carboxylic acids is 1. The highest BCUT2D eigenvalue weighted by atomic mass is 16.1. The van der Waals surface area contributed by atoms with Crippen LogP contribution in [0.25, 0.3) is 0 Å². The summed E-state index contributed by atoms with van der Waals surface area (Å²) in [6.45, 7) is 6.94. The van der Waals surface area contributed by atoms with E-state index >= 15 is 0 Å². The molecule has 2 aliphatic carbocycles. The van der Waals surface area contributed by atoms with Crippen LogP contribution in [-0.2, 0) is 4.79 Å². The first-order chi connectivity index (χ1) is 9.83. The lowest BCUT2D eigenvalue weighted by Gasteiger charge is -2.44. The maximum Gasteiger partial charge on any atom is 0.237 e. The van der Waals surface area contributed by atoms with E-state index in [1.165, 1.54) is 38.5 Å². The van der Waals surface area contributed by atoms with Crippen molar-refractivity contribution in [2.24, 2.45) is 17.1 Å². The van der Waals surface area contributed by atoms with Gasteiger partial charge in [0.1, 0.15) is 0 Å². The highest BCUT2D eigenvalue weighted by Gasteiger charge is 2.43. The SMILES string of the molecule is CC(C)(C)C1CCC(NC2CCCCCC2)(C(N)=O)CC1. The average Bonchev–Trinajstić information content (AvgIpc) is 2.66. The normalized spacial score (nSPS) is 32.6. The van der Waals surface area contributed by atoms with Crippen molar-refractivity contribution < 1.29 is 4.79 Å². The number of rotatable bonds is 3. The molecule has 0 atom stereocenters. The van der Waals surface area contributed by atoms with Crippen LogP contribution < -0.4 is 11.1 Å². The van der Waals surface area contributed by atoms with Gasteiger partial charge in [0.15, 0.2) is 0 Å². The van der Waals surface area contributed by atoms with E-state index < -0.39 is 5.54 Å². The van der Waals surface area contributed by atoms with Gasteiger partial charge in [0.05, 0.1) is 5.54 Å². The molecule has 0 aromatic heterocycles. The van der Waals surface area contributed by atoms with Gasteiger partial charge in [-0.2, -0.15) is 0 Å². The van der Waals surface area contributed by atoms with E-state index in [-0.39, 0.29) is 5.91 Å². The molecule has 0 aromatic rings. The van der Waals surface area contributed by atoms with Crippen LogP contribution in [-0.4, -0.2) is 17.5 Å². The number of nitrogens with one attached hydrogen (secondary N) is 1. The first kappa shape index (κ1) is 16.8. The Morgan fingerprint density at radius 3 is 1.95 bits per heavy atom. The molecule has 0 spiro atoms. The molecule has 0 aromatic carbocycles. The molecule has 2 rings (SSSR count). The minimum atomic E-state index is -0.434. The minimum absolute atomic E-state index is 0.126. The third kappa shape index (κ3) is 4.21. The number of hydrogen-bond donors (Lipinski definition) is 2.